The molecule has 0 saturated carbocycles. The summed E-state index contributed by atoms with van der Waals surface area (Å²) in [5.41, 5.74) is 8.56. The van der Waals surface area contributed by atoms with Gasteiger partial charge >= 0.3 is 0 Å². The summed E-state index contributed by atoms with van der Waals surface area (Å²) in [6, 6.07) is 8.02. The van der Waals surface area contributed by atoms with Crippen LogP contribution in [0.5, 0.6) is 0 Å². The van der Waals surface area contributed by atoms with Gasteiger partial charge in [-0.15, -0.1) is 11.3 Å². The van der Waals surface area contributed by atoms with Crippen LogP contribution in [0.4, 0.5) is 0 Å². The number of halogens is 1. The lowest BCUT2D eigenvalue weighted by Gasteiger charge is -2.10. The Hall–Kier alpha value is -1.10. The lowest BCUT2D eigenvalue weighted by Crippen LogP contribution is -2.11. The fourth-order valence-corrected chi connectivity index (χ4v) is 3.83. The van der Waals surface area contributed by atoms with E-state index < -0.39 is 0 Å². The van der Waals surface area contributed by atoms with Gasteiger partial charge in [-0.05, 0) is 51.3 Å². The van der Waals surface area contributed by atoms with Crippen LogP contribution in [0.3, 0.4) is 0 Å². The summed E-state index contributed by atoms with van der Waals surface area (Å²) in [4.78, 5) is 0. The molecule has 2 nitrogen and oxygen atoms in total. The van der Waals surface area contributed by atoms with Crippen LogP contribution in [0.1, 0.15) is 22.9 Å². The first-order chi connectivity index (χ1) is 8.68. The van der Waals surface area contributed by atoms with Crippen LogP contribution in [-0.2, 0) is 0 Å². The zero-order chi connectivity index (χ0) is 12.7. The number of aryl methyl sites for hydroxylation is 1. The Labute approximate surface area is 118 Å². The zero-order valence-electron chi connectivity index (χ0n) is 9.81. The van der Waals surface area contributed by atoms with Gasteiger partial charge in [0.25, 0.3) is 0 Å². The van der Waals surface area contributed by atoms with Gasteiger partial charge in [0, 0.05) is 14.7 Å². The predicted octanol–water partition coefficient (Wildman–Crippen LogP) is 4.61. The summed E-state index contributed by atoms with van der Waals surface area (Å²) in [5.74, 6) is 0.886. The fourth-order valence-electron chi connectivity index (χ4n) is 2.17. The van der Waals surface area contributed by atoms with E-state index in [1.54, 1.807) is 17.6 Å². The maximum absolute atomic E-state index is 6.35. The Morgan fingerprint density at radius 2 is 2.11 bits per heavy atom. The highest BCUT2D eigenvalue weighted by molar-refractivity contribution is 9.10. The Morgan fingerprint density at radius 3 is 2.83 bits per heavy atom. The molecule has 3 aromatic rings. The minimum absolute atomic E-state index is 0.133. The van der Waals surface area contributed by atoms with Crippen molar-refractivity contribution in [2.45, 2.75) is 13.0 Å². The van der Waals surface area contributed by atoms with Crippen LogP contribution in [0, 0.1) is 6.92 Å². The number of nitrogens with two attached hydrogens (primary N) is 1. The summed E-state index contributed by atoms with van der Waals surface area (Å²) >= 11 is 5.29. The van der Waals surface area contributed by atoms with E-state index in [9.17, 15) is 0 Å². The molecule has 0 radical (unpaired) electrons. The van der Waals surface area contributed by atoms with Gasteiger partial charge in [0.15, 0.2) is 0 Å². The van der Waals surface area contributed by atoms with Crippen LogP contribution in [0.2, 0.25) is 0 Å². The molecule has 1 unspecified atom stereocenters. The second-order valence-corrected chi connectivity index (χ2v) is 5.95. The van der Waals surface area contributed by atoms with Crippen molar-refractivity contribution in [2.24, 2.45) is 5.73 Å². The third-order valence-corrected chi connectivity index (χ3v) is 5.12. The summed E-state index contributed by atoms with van der Waals surface area (Å²) in [5, 5.41) is 3.34. The second kappa shape index (κ2) is 4.53. The van der Waals surface area contributed by atoms with Gasteiger partial charge in [0.05, 0.1) is 12.3 Å². The average Bonchev–Trinajstić information content (AvgIpc) is 2.95. The highest BCUT2D eigenvalue weighted by atomic mass is 79.9. The standard InChI is InChI=1S/C14H12BrNOS/c1-8-9(5-6-17-8)13(16)11-7-18-14-10(11)3-2-4-12(14)15/h2-7,13H,16H2,1H3. The van der Waals surface area contributed by atoms with Crippen molar-refractivity contribution in [2.75, 3.05) is 0 Å². The van der Waals surface area contributed by atoms with Crippen LogP contribution in [0.15, 0.2) is 44.8 Å². The van der Waals surface area contributed by atoms with E-state index in [-0.39, 0.29) is 6.04 Å². The summed E-state index contributed by atoms with van der Waals surface area (Å²) in [6.45, 7) is 1.94. The van der Waals surface area contributed by atoms with Gasteiger partial charge in [0.2, 0.25) is 0 Å². The minimum Gasteiger partial charge on any atom is -0.469 e. The highest BCUT2D eigenvalue weighted by Crippen LogP contribution is 2.37. The molecule has 18 heavy (non-hydrogen) atoms. The third-order valence-electron chi connectivity index (χ3n) is 3.15. The predicted molar refractivity (Wildman–Crippen MR) is 79.0 cm³/mol. The molecule has 0 spiro atoms. The number of furan rings is 1. The average molecular weight is 322 g/mol. The fraction of sp³-hybridized carbons (Fsp3) is 0.143. The lowest BCUT2D eigenvalue weighted by molar-refractivity contribution is 0.528. The molecule has 2 N–H and O–H groups in total. The molecule has 0 fully saturated rings. The first-order valence-electron chi connectivity index (χ1n) is 5.63. The van der Waals surface area contributed by atoms with Crippen molar-refractivity contribution in [1.82, 2.24) is 0 Å². The number of thiophene rings is 1. The number of hydrogen-bond donors (Lipinski definition) is 1. The molecule has 0 amide bonds. The summed E-state index contributed by atoms with van der Waals surface area (Å²) in [7, 11) is 0. The van der Waals surface area contributed by atoms with Crippen LogP contribution < -0.4 is 5.73 Å². The summed E-state index contributed by atoms with van der Waals surface area (Å²) < 4.78 is 7.69. The Kier molecular flexibility index (Phi) is 3.01. The molecule has 0 aliphatic heterocycles. The molecule has 3 rings (SSSR count). The van der Waals surface area contributed by atoms with Gasteiger partial charge in [-0.2, -0.15) is 0 Å². The van der Waals surface area contributed by atoms with Crippen LogP contribution in [0.25, 0.3) is 10.1 Å². The van der Waals surface area contributed by atoms with E-state index in [4.69, 9.17) is 10.2 Å². The van der Waals surface area contributed by atoms with Crippen molar-refractivity contribution >= 4 is 37.4 Å². The number of rotatable bonds is 2. The van der Waals surface area contributed by atoms with Crippen molar-refractivity contribution in [3.63, 3.8) is 0 Å². The lowest BCUT2D eigenvalue weighted by atomic mass is 10.00. The van der Waals surface area contributed by atoms with E-state index in [0.29, 0.717) is 0 Å². The van der Waals surface area contributed by atoms with Crippen molar-refractivity contribution < 1.29 is 4.42 Å². The molecule has 0 bridgehead atoms. The van der Waals surface area contributed by atoms with Gasteiger partial charge in [-0.3, -0.25) is 0 Å². The van der Waals surface area contributed by atoms with Crippen molar-refractivity contribution in [1.29, 1.82) is 0 Å². The first-order valence-corrected chi connectivity index (χ1v) is 7.31. The van der Waals surface area contributed by atoms with Crippen LogP contribution >= 0.6 is 27.3 Å². The Morgan fingerprint density at radius 1 is 1.28 bits per heavy atom. The SMILES string of the molecule is Cc1occc1C(N)c1csc2c(Br)cccc12. The monoisotopic (exact) mass is 321 g/mol. The van der Waals surface area contributed by atoms with Gasteiger partial charge in [-0.1, -0.05) is 12.1 Å². The number of fused-ring (bicyclic) bond motifs is 1. The van der Waals surface area contributed by atoms with Crippen molar-refractivity contribution in [3.05, 3.63) is 57.3 Å². The molecular weight excluding hydrogens is 310 g/mol. The maximum atomic E-state index is 6.35. The molecule has 92 valence electrons. The van der Waals surface area contributed by atoms with Crippen molar-refractivity contribution in [3.8, 4) is 0 Å². The molecule has 1 atom stereocenters. The molecule has 2 aromatic heterocycles. The number of benzene rings is 1. The van der Waals surface area contributed by atoms with Crippen LogP contribution in [-0.4, -0.2) is 0 Å². The Balaban J connectivity index is 2.16. The van der Waals surface area contributed by atoms with E-state index in [0.717, 1.165) is 21.4 Å². The topological polar surface area (TPSA) is 39.2 Å². The molecule has 2 heterocycles. The van der Waals surface area contributed by atoms with E-state index in [2.05, 4.69) is 33.4 Å². The second-order valence-electron chi connectivity index (χ2n) is 4.22. The van der Waals surface area contributed by atoms with Gasteiger partial charge in [0.1, 0.15) is 5.76 Å². The molecule has 0 saturated heterocycles. The summed E-state index contributed by atoms with van der Waals surface area (Å²) in [6.07, 6.45) is 1.69. The van der Waals surface area contributed by atoms with E-state index in [1.165, 1.54) is 10.1 Å². The highest BCUT2D eigenvalue weighted by Gasteiger charge is 2.17. The normalized spacial score (nSPS) is 13.1. The first kappa shape index (κ1) is 12.0. The largest absolute Gasteiger partial charge is 0.469 e. The zero-order valence-corrected chi connectivity index (χ0v) is 12.2. The van der Waals surface area contributed by atoms with Gasteiger partial charge < -0.3 is 10.2 Å². The molecule has 0 aliphatic rings. The van der Waals surface area contributed by atoms with Gasteiger partial charge in [-0.25, -0.2) is 0 Å². The number of hydrogen-bond acceptors (Lipinski definition) is 3. The molecule has 1 aromatic carbocycles. The third kappa shape index (κ3) is 1.81. The molecule has 0 aliphatic carbocycles. The smallest absolute Gasteiger partial charge is 0.105 e. The Bertz CT molecular complexity index is 701. The van der Waals surface area contributed by atoms with E-state index >= 15 is 0 Å². The van der Waals surface area contributed by atoms with E-state index in [1.807, 2.05) is 19.1 Å². The minimum atomic E-state index is -0.133. The quantitative estimate of drug-likeness (QED) is 0.748. The molecular formula is C14H12BrNOS. The molecule has 4 heteroatoms. The maximum Gasteiger partial charge on any atom is 0.105 e.